The standard InChI is InChI=1S/C11H16OS/c1-8(2)5-6-10-9(3)7-12-11(10)13-4/h5,7H,6H2,1-4H3. The molecule has 1 heterocycles. The highest BCUT2D eigenvalue weighted by Crippen LogP contribution is 2.26. The Hall–Kier alpha value is -0.630. The maximum atomic E-state index is 5.41. The third-order valence-electron chi connectivity index (χ3n) is 1.96. The molecule has 0 atom stereocenters. The van der Waals surface area contributed by atoms with Crippen molar-refractivity contribution in [2.24, 2.45) is 0 Å². The van der Waals surface area contributed by atoms with Gasteiger partial charge in [-0.25, -0.2) is 0 Å². The van der Waals surface area contributed by atoms with Gasteiger partial charge in [-0.1, -0.05) is 23.4 Å². The van der Waals surface area contributed by atoms with Gasteiger partial charge < -0.3 is 4.42 Å². The fourth-order valence-corrected chi connectivity index (χ4v) is 1.80. The van der Waals surface area contributed by atoms with E-state index in [1.54, 1.807) is 11.8 Å². The molecule has 0 unspecified atom stereocenters. The molecule has 1 rings (SSSR count). The van der Waals surface area contributed by atoms with E-state index < -0.39 is 0 Å². The summed E-state index contributed by atoms with van der Waals surface area (Å²) in [4.78, 5) is 0. The minimum Gasteiger partial charge on any atom is -0.458 e. The monoisotopic (exact) mass is 196 g/mol. The minimum atomic E-state index is 0.987. The molecule has 0 aliphatic carbocycles. The molecule has 0 N–H and O–H groups in total. The van der Waals surface area contributed by atoms with Crippen LogP contribution < -0.4 is 0 Å². The zero-order chi connectivity index (χ0) is 9.84. The third-order valence-corrected chi connectivity index (χ3v) is 2.68. The summed E-state index contributed by atoms with van der Waals surface area (Å²) in [6.07, 6.45) is 7.10. The van der Waals surface area contributed by atoms with E-state index in [0.717, 1.165) is 11.5 Å². The second kappa shape index (κ2) is 4.56. The first-order valence-electron chi connectivity index (χ1n) is 4.39. The van der Waals surface area contributed by atoms with E-state index in [4.69, 9.17) is 4.42 Å². The van der Waals surface area contributed by atoms with Gasteiger partial charge in [0, 0.05) is 5.56 Å². The molecule has 0 fully saturated rings. The number of aryl methyl sites for hydroxylation is 1. The van der Waals surface area contributed by atoms with Crippen molar-refractivity contribution in [1.82, 2.24) is 0 Å². The van der Waals surface area contributed by atoms with Crippen molar-refractivity contribution in [3.05, 3.63) is 29.0 Å². The van der Waals surface area contributed by atoms with Gasteiger partial charge in [-0.15, -0.1) is 0 Å². The van der Waals surface area contributed by atoms with Gasteiger partial charge in [0.05, 0.1) is 6.26 Å². The first-order valence-corrected chi connectivity index (χ1v) is 5.62. The first-order chi connectivity index (χ1) is 6.15. The maximum absolute atomic E-state index is 5.41. The summed E-state index contributed by atoms with van der Waals surface area (Å²) in [6.45, 7) is 6.33. The predicted molar refractivity (Wildman–Crippen MR) is 58.4 cm³/mol. The van der Waals surface area contributed by atoms with Crippen LogP contribution in [0.1, 0.15) is 25.0 Å². The summed E-state index contributed by atoms with van der Waals surface area (Å²) in [6, 6.07) is 0. The minimum absolute atomic E-state index is 0.987. The van der Waals surface area contributed by atoms with E-state index in [2.05, 4.69) is 26.8 Å². The van der Waals surface area contributed by atoms with E-state index >= 15 is 0 Å². The van der Waals surface area contributed by atoms with Gasteiger partial charge in [-0.3, -0.25) is 0 Å². The quantitative estimate of drug-likeness (QED) is 0.538. The lowest BCUT2D eigenvalue weighted by Crippen LogP contribution is -1.84. The SMILES string of the molecule is CSc1occ(C)c1CC=C(C)C. The summed E-state index contributed by atoms with van der Waals surface area (Å²) in [5.74, 6) is 0. The van der Waals surface area contributed by atoms with Crippen molar-refractivity contribution in [3.63, 3.8) is 0 Å². The predicted octanol–water partition coefficient (Wildman–Crippen LogP) is 3.82. The largest absolute Gasteiger partial charge is 0.458 e. The Morgan fingerprint density at radius 3 is 2.77 bits per heavy atom. The van der Waals surface area contributed by atoms with Crippen molar-refractivity contribution >= 4 is 11.8 Å². The van der Waals surface area contributed by atoms with Crippen LogP contribution in [0.2, 0.25) is 0 Å². The van der Waals surface area contributed by atoms with Crippen molar-refractivity contribution < 1.29 is 4.42 Å². The van der Waals surface area contributed by atoms with Crippen molar-refractivity contribution in [2.75, 3.05) is 6.26 Å². The van der Waals surface area contributed by atoms with Crippen LogP contribution in [0.4, 0.5) is 0 Å². The number of allylic oxidation sites excluding steroid dienone is 2. The summed E-state index contributed by atoms with van der Waals surface area (Å²) in [7, 11) is 0. The molecule has 13 heavy (non-hydrogen) atoms. The molecule has 0 aliphatic heterocycles. The smallest absolute Gasteiger partial charge is 0.163 e. The molecular weight excluding hydrogens is 180 g/mol. The normalized spacial score (nSPS) is 10.2. The van der Waals surface area contributed by atoms with Crippen LogP contribution in [0.5, 0.6) is 0 Å². The van der Waals surface area contributed by atoms with Gasteiger partial charge in [0.2, 0.25) is 0 Å². The zero-order valence-corrected chi connectivity index (χ0v) is 9.49. The maximum Gasteiger partial charge on any atom is 0.163 e. The third kappa shape index (κ3) is 2.66. The summed E-state index contributed by atoms with van der Waals surface area (Å²) in [5.41, 5.74) is 3.93. The van der Waals surface area contributed by atoms with Gasteiger partial charge in [-0.05, 0) is 39.0 Å². The summed E-state index contributed by atoms with van der Waals surface area (Å²) < 4.78 is 5.41. The van der Waals surface area contributed by atoms with E-state index in [1.165, 1.54) is 16.7 Å². The average molecular weight is 196 g/mol. The second-order valence-electron chi connectivity index (χ2n) is 3.37. The van der Waals surface area contributed by atoms with Crippen LogP contribution in [-0.4, -0.2) is 6.26 Å². The van der Waals surface area contributed by atoms with Crippen LogP contribution in [0.15, 0.2) is 27.4 Å². The van der Waals surface area contributed by atoms with E-state index in [-0.39, 0.29) is 0 Å². The molecule has 0 saturated heterocycles. The fourth-order valence-electron chi connectivity index (χ4n) is 1.17. The number of furan rings is 1. The molecule has 0 bridgehead atoms. The lowest BCUT2D eigenvalue weighted by Gasteiger charge is -1.97. The van der Waals surface area contributed by atoms with Gasteiger partial charge in [-0.2, -0.15) is 0 Å². The molecule has 0 aromatic carbocycles. The Labute approximate surface area is 84.2 Å². The number of hydrogen-bond donors (Lipinski definition) is 0. The Morgan fingerprint density at radius 1 is 1.54 bits per heavy atom. The topological polar surface area (TPSA) is 13.1 Å². The Morgan fingerprint density at radius 2 is 2.23 bits per heavy atom. The highest BCUT2D eigenvalue weighted by Gasteiger charge is 2.07. The molecule has 2 heteroatoms. The molecule has 0 amide bonds. The van der Waals surface area contributed by atoms with Crippen LogP contribution in [0.25, 0.3) is 0 Å². The molecular formula is C11H16OS. The van der Waals surface area contributed by atoms with Gasteiger partial charge in [0.1, 0.15) is 0 Å². The fraction of sp³-hybridized carbons (Fsp3) is 0.455. The van der Waals surface area contributed by atoms with E-state index in [1.807, 2.05) is 12.5 Å². The molecule has 0 saturated carbocycles. The Balaban J connectivity index is 2.85. The molecule has 1 aromatic heterocycles. The van der Waals surface area contributed by atoms with Crippen molar-refractivity contribution in [2.45, 2.75) is 32.3 Å². The van der Waals surface area contributed by atoms with Gasteiger partial charge in [0.15, 0.2) is 5.09 Å². The van der Waals surface area contributed by atoms with Crippen LogP contribution in [0.3, 0.4) is 0 Å². The summed E-state index contributed by atoms with van der Waals surface area (Å²) >= 11 is 1.67. The molecule has 0 radical (unpaired) electrons. The molecule has 1 aromatic rings. The molecule has 1 nitrogen and oxygen atoms in total. The van der Waals surface area contributed by atoms with Gasteiger partial charge in [0.25, 0.3) is 0 Å². The van der Waals surface area contributed by atoms with Crippen LogP contribution in [0, 0.1) is 6.92 Å². The Bertz CT molecular complexity index is 306. The molecule has 0 aliphatic rings. The number of hydrogen-bond acceptors (Lipinski definition) is 2. The van der Waals surface area contributed by atoms with Crippen LogP contribution in [-0.2, 0) is 6.42 Å². The highest BCUT2D eigenvalue weighted by molar-refractivity contribution is 7.98. The number of thioether (sulfide) groups is 1. The van der Waals surface area contributed by atoms with Gasteiger partial charge >= 0.3 is 0 Å². The zero-order valence-electron chi connectivity index (χ0n) is 8.68. The number of rotatable bonds is 3. The van der Waals surface area contributed by atoms with Crippen LogP contribution >= 0.6 is 11.8 Å². The van der Waals surface area contributed by atoms with E-state index in [0.29, 0.717) is 0 Å². The second-order valence-corrected chi connectivity index (χ2v) is 4.15. The van der Waals surface area contributed by atoms with Crippen molar-refractivity contribution in [1.29, 1.82) is 0 Å². The lowest BCUT2D eigenvalue weighted by atomic mass is 10.1. The molecule has 72 valence electrons. The summed E-state index contributed by atoms with van der Waals surface area (Å²) in [5, 5.41) is 1.05. The Kier molecular flexibility index (Phi) is 3.67. The lowest BCUT2D eigenvalue weighted by molar-refractivity contribution is 0.469. The molecule has 0 spiro atoms. The first kappa shape index (κ1) is 10.5. The average Bonchev–Trinajstić information content (AvgIpc) is 2.43. The van der Waals surface area contributed by atoms with E-state index in [9.17, 15) is 0 Å². The highest BCUT2D eigenvalue weighted by atomic mass is 32.2. The van der Waals surface area contributed by atoms with Crippen molar-refractivity contribution in [3.8, 4) is 0 Å².